The number of nitrogens with one attached hydrogen (secondary N) is 1. The minimum absolute atomic E-state index is 0.133. The zero-order valence-electron chi connectivity index (χ0n) is 15.6. The first kappa shape index (κ1) is 19.0. The second-order valence-corrected chi connectivity index (χ2v) is 7.52. The predicted octanol–water partition coefficient (Wildman–Crippen LogP) is 2.80. The molecule has 0 bridgehead atoms. The fraction of sp³-hybridized carbons (Fsp3) is 0.200. The third-order valence-electron chi connectivity index (χ3n) is 4.55. The highest BCUT2D eigenvalue weighted by Gasteiger charge is 2.15. The summed E-state index contributed by atoms with van der Waals surface area (Å²) in [5.41, 5.74) is 0.753. The summed E-state index contributed by atoms with van der Waals surface area (Å²) < 4.78 is 16.2. The normalized spacial score (nSPS) is 11.1. The van der Waals surface area contributed by atoms with Crippen molar-refractivity contribution in [1.82, 2.24) is 24.6 Å². The van der Waals surface area contributed by atoms with E-state index in [4.69, 9.17) is 0 Å². The number of benzene rings is 1. The van der Waals surface area contributed by atoms with Crippen molar-refractivity contribution in [3.8, 4) is 5.69 Å². The van der Waals surface area contributed by atoms with E-state index in [0.29, 0.717) is 29.1 Å². The standard InChI is InChI=1S/C20H18FN5O2S/c1-13-24-19-17(12-23-26(19)15-6-4-14(21)5-7-15)20(28)25(13)9-8-18(27)22-11-16-3-2-10-29-16/h2-7,10,12H,8-9,11H2,1H3,(H,22,27). The molecule has 148 valence electrons. The van der Waals surface area contributed by atoms with Crippen LogP contribution in [0.1, 0.15) is 17.1 Å². The zero-order valence-corrected chi connectivity index (χ0v) is 16.4. The molecule has 29 heavy (non-hydrogen) atoms. The molecule has 4 rings (SSSR count). The van der Waals surface area contributed by atoms with Gasteiger partial charge in [-0.1, -0.05) is 6.07 Å². The number of halogens is 1. The monoisotopic (exact) mass is 411 g/mol. The summed E-state index contributed by atoms with van der Waals surface area (Å²) in [5, 5.41) is 9.38. The number of carbonyl (C=O) groups is 1. The number of thiophene rings is 1. The summed E-state index contributed by atoms with van der Waals surface area (Å²) in [6.45, 7) is 2.42. The van der Waals surface area contributed by atoms with Crippen LogP contribution in [0.15, 0.2) is 52.8 Å². The molecule has 0 aliphatic rings. The molecule has 9 heteroatoms. The minimum Gasteiger partial charge on any atom is -0.351 e. The van der Waals surface area contributed by atoms with Crippen LogP contribution in [0.5, 0.6) is 0 Å². The van der Waals surface area contributed by atoms with Gasteiger partial charge in [-0.3, -0.25) is 14.2 Å². The Bertz CT molecular complexity index is 1210. The quantitative estimate of drug-likeness (QED) is 0.529. The van der Waals surface area contributed by atoms with Gasteiger partial charge in [0.05, 0.1) is 18.4 Å². The summed E-state index contributed by atoms with van der Waals surface area (Å²) in [4.78, 5) is 30.6. The van der Waals surface area contributed by atoms with Crippen LogP contribution in [0.25, 0.3) is 16.7 Å². The van der Waals surface area contributed by atoms with Crippen LogP contribution in [0.2, 0.25) is 0 Å². The van der Waals surface area contributed by atoms with Crippen molar-refractivity contribution in [2.45, 2.75) is 26.4 Å². The van der Waals surface area contributed by atoms with E-state index in [2.05, 4.69) is 15.4 Å². The fourth-order valence-corrected chi connectivity index (χ4v) is 3.69. The average Bonchev–Trinajstić information content (AvgIpc) is 3.37. The van der Waals surface area contributed by atoms with Crippen LogP contribution in [0.3, 0.4) is 0 Å². The molecule has 0 aliphatic carbocycles. The average molecular weight is 411 g/mol. The summed E-state index contributed by atoms with van der Waals surface area (Å²) in [6.07, 6.45) is 1.62. The Hall–Kier alpha value is -3.33. The number of carbonyl (C=O) groups excluding carboxylic acids is 1. The smallest absolute Gasteiger partial charge is 0.264 e. The van der Waals surface area contributed by atoms with Gasteiger partial charge in [-0.15, -0.1) is 11.3 Å². The molecule has 0 radical (unpaired) electrons. The van der Waals surface area contributed by atoms with E-state index in [0.717, 1.165) is 4.88 Å². The van der Waals surface area contributed by atoms with Crippen molar-refractivity contribution in [2.75, 3.05) is 0 Å². The Morgan fingerprint density at radius 2 is 2.03 bits per heavy atom. The Kier molecular flexibility index (Phi) is 5.22. The fourth-order valence-electron chi connectivity index (χ4n) is 3.04. The maximum atomic E-state index is 13.2. The molecule has 3 heterocycles. The molecule has 0 saturated carbocycles. The molecule has 0 atom stereocenters. The van der Waals surface area contributed by atoms with Gasteiger partial charge < -0.3 is 5.32 Å². The maximum Gasteiger partial charge on any atom is 0.264 e. The lowest BCUT2D eigenvalue weighted by atomic mass is 10.3. The van der Waals surface area contributed by atoms with Crippen molar-refractivity contribution in [3.63, 3.8) is 0 Å². The molecule has 0 unspecified atom stereocenters. The van der Waals surface area contributed by atoms with Crippen molar-refractivity contribution >= 4 is 28.3 Å². The van der Waals surface area contributed by atoms with Gasteiger partial charge in [0.15, 0.2) is 5.65 Å². The largest absolute Gasteiger partial charge is 0.351 e. The number of hydrogen-bond donors (Lipinski definition) is 1. The van der Waals surface area contributed by atoms with Crippen LogP contribution < -0.4 is 10.9 Å². The van der Waals surface area contributed by atoms with Crippen LogP contribution in [-0.4, -0.2) is 25.2 Å². The molecule has 0 aliphatic heterocycles. The predicted molar refractivity (Wildman–Crippen MR) is 109 cm³/mol. The molecule has 7 nitrogen and oxygen atoms in total. The molecule has 0 spiro atoms. The SMILES string of the molecule is Cc1nc2c(cnn2-c2ccc(F)cc2)c(=O)n1CCC(=O)NCc1cccs1. The van der Waals surface area contributed by atoms with Gasteiger partial charge in [0, 0.05) is 17.8 Å². The Labute approximate surface area is 169 Å². The third kappa shape index (κ3) is 3.95. The van der Waals surface area contributed by atoms with E-state index < -0.39 is 0 Å². The summed E-state index contributed by atoms with van der Waals surface area (Å²) in [5.74, 6) is -0.00159. The van der Waals surface area contributed by atoms with Crippen molar-refractivity contribution < 1.29 is 9.18 Å². The Morgan fingerprint density at radius 3 is 2.76 bits per heavy atom. The second kappa shape index (κ2) is 7.96. The summed E-state index contributed by atoms with van der Waals surface area (Å²) in [6, 6.07) is 9.68. The number of nitrogens with zero attached hydrogens (tertiary/aromatic N) is 4. The highest BCUT2D eigenvalue weighted by atomic mass is 32.1. The first-order chi connectivity index (χ1) is 14.0. The van der Waals surface area contributed by atoms with Crippen LogP contribution >= 0.6 is 11.3 Å². The number of aromatic nitrogens is 4. The highest BCUT2D eigenvalue weighted by Crippen LogP contribution is 2.15. The maximum absolute atomic E-state index is 13.2. The lowest BCUT2D eigenvalue weighted by Gasteiger charge is -2.10. The highest BCUT2D eigenvalue weighted by molar-refractivity contribution is 7.09. The summed E-state index contributed by atoms with van der Waals surface area (Å²) >= 11 is 1.58. The Morgan fingerprint density at radius 1 is 1.24 bits per heavy atom. The lowest BCUT2D eigenvalue weighted by molar-refractivity contribution is -0.121. The molecule has 1 amide bonds. The topological polar surface area (TPSA) is 81.8 Å². The minimum atomic E-state index is -0.353. The van der Waals surface area contributed by atoms with Gasteiger partial charge in [-0.05, 0) is 42.6 Å². The van der Waals surface area contributed by atoms with Gasteiger partial charge >= 0.3 is 0 Å². The van der Waals surface area contributed by atoms with E-state index >= 15 is 0 Å². The van der Waals surface area contributed by atoms with E-state index in [1.165, 1.54) is 27.6 Å². The van der Waals surface area contributed by atoms with Crippen LogP contribution in [-0.2, 0) is 17.9 Å². The van der Waals surface area contributed by atoms with Crippen molar-refractivity contribution in [2.24, 2.45) is 0 Å². The number of amides is 1. The van der Waals surface area contributed by atoms with E-state index in [1.54, 1.807) is 30.4 Å². The first-order valence-electron chi connectivity index (χ1n) is 9.03. The van der Waals surface area contributed by atoms with Crippen LogP contribution in [0, 0.1) is 12.7 Å². The number of hydrogen-bond acceptors (Lipinski definition) is 5. The van der Waals surface area contributed by atoms with E-state index in [1.807, 2.05) is 17.5 Å². The molecule has 3 aromatic heterocycles. The van der Waals surface area contributed by atoms with E-state index in [9.17, 15) is 14.0 Å². The van der Waals surface area contributed by atoms with Gasteiger partial charge in [0.2, 0.25) is 5.91 Å². The third-order valence-corrected chi connectivity index (χ3v) is 5.43. The molecule has 0 fully saturated rings. The van der Waals surface area contributed by atoms with Gasteiger partial charge in [-0.25, -0.2) is 14.1 Å². The second-order valence-electron chi connectivity index (χ2n) is 6.49. The Balaban J connectivity index is 1.54. The van der Waals surface area contributed by atoms with Crippen molar-refractivity contribution in [3.05, 3.63) is 74.8 Å². The summed E-state index contributed by atoms with van der Waals surface area (Å²) in [7, 11) is 0. The first-order valence-corrected chi connectivity index (χ1v) is 9.91. The molecular weight excluding hydrogens is 393 g/mol. The van der Waals surface area contributed by atoms with Crippen molar-refractivity contribution in [1.29, 1.82) is 0 Å². The molecule has 4 aromatic rings. The molecule has 1 aromatic carbocycles. The number of rotatable bonds is 6. The van der Waals surface area contributed by atoms with Gasteiger partial charge in [0.25, 0.3) is 5.56 Å². The molecule has 1 N–H and O–H groups in total. The van der Waals surface area contributed by atoms with Crippen LogP contribution in [0.4, 0.5) is 4.39 Å². The number of aryl methyl sites for hydroxylation is 1. The molecule has 0 saturated heterocycles. The number of fused-ring (bicyclic) bond motifs is 1. The van der Waals surface area contributed by atoms with Gasteiger partial charge in [0.1, 0.15) is 17.0 Å². The van der Waals surface area contributed by atoms with Gasteiger partial charge in [-0.2, -0.15) is 5.10 Å². The zero-order chi connectivity index (χ0) is 20.4. The molecular formula is C20H18FN5O2S. The lowest BCUT2D eigenvalue weighted by Crippen LogP contribution is -2.28. The van der Waals surface area contributed by atoms with E-state index in [-0.39, 0.29) is 30.2 Å².